The Morgan fingerprint density at radius 1 is 1.39 bits per heavy atom. The molecular weight excluding hydrogens is 226 g/mol. The Balaban J connectivity index is 1.78. The van der Waals surface area contributed by atoms with E-state index in [1.54, 1.807) is 0 Å². The second-order valence-corrected chi connectivity index (χ2v) is 4.54. The molecule has 0 bridgehead atoms. The minimum atomic E-state index is 0.336. The molecule has 1 heterocycles. The van der Waals surface area contributed by atoms with Crippen LogP contribution in [0.5, 0.6) is 11.5 Å². The number of terminal acetylenes is 1. The molecule has 0 saturated heterocycles. The molecule has 1 aromatic rings. The first kappa shape index (κ1) is 12.8. The second-order valence-electron chi connectivity index (χ2n) is 4.54. The van der Waals surface area contributed by atoms with E-state index in [1.165, 1.54) is 5.56 Å². The van der Waals surface area contributed by atoms with Gasteiger partial charge in [-0.15, -0.1) is 12.3 Å². The van der Waals surface area contributed by atoms with Crippen LogP contribution >= 0.6 is 0 Å². The minimum Gasteiger partial charge on any atom is -0.454 e. The quantitative estimate of drug-likeness (QED) is 0.616. The van der Waals surface area contributed by atoms with Crippen molar-refractivity contribution < 1.29 is 9.47 Å². The summed E-state index contributed by atoms with van der Waals surface area (Å²) in [7, 11) is 0. The summed E-state index contributed by atoms with van der Waals surface area (Å²) in [6, 6.07) is 6.62. The van der Waals surface area contributed by atoms with Crippen LogP contribution in [-0.2, 0) is 6.42 Å². The van der Waals surface area contributed by atoms with Gasteiger partial charge in [0, 0.05) is 19.0 Å². The molecule has 0 aromatic heterocycles. The summed E-state index contributed by atoms with van der Waals surface area (Å²) < 4.78 is 10.7. The molecular formula is C15H19NO2. The highest BCUT2D eigenvalue weighted by molar-refractivity contribution is 5.44. The molecule has 1 atom stereocenters. The summed E-state index contributed by atoms with van der Waals surface area (Å²) in [4.78, 5) is 0. The number of hydrogen-bond acceptors (Lipinski definition) is 3. The van der Waals surface area contributed by atoms with Gasteiger partial charge in [-0.3, -0.25) is 0 Å². The number of aryl methyl sites for hydroxylation is 1. The largest absolute Gasteiger partial charge is 0.454 e. The van der Waals surface area contributed by atoms with Crippen molar-refractivity contribution in [1.29, 1.82) is 0 Å². The fourth-order valence-corrected chi connectivity index (χ4v) is 1.97. The summed E-state index contributed by atoms with van der Waals surface area (Å²) >= 11 is 0. The lowest BCUT2D eigenvalue weighted by Crippen LogP contribution is -2.27. The average Bonchev–Trinajstić information content (AvgIpc) is 2.84. The third-order valence-corrected chi connectivity index (χ3v) is 3.07. The Morgan fingerprint density at radius 2 is 2.22 bits per heavy atom. The Bertz CT molecular complexity index is 437. The van der Waals surface area contributed by atoms with Gasteiger partial charge in [-0.05, 0) is 37.5 Å². The van der Waals surface area contributed by atoms with E-state index in [-0.39, 0.29) is 0 Å². The standard InChI is InChI=1S/C15H19NO2/c1-3-4-9-16-12(2)5-6-13-7-8-14-15(10-13)18-11-17-14/h1,7-8,10,12,16H,4-6,9,11H2,2H3. The Hall–Kier alpha value is -1.66. The zero-order valence-electron chi connectivity index (χ0n) is 10.7. The number of ether oxygens (including phenoxy) is 2. The molecule has 1 N–H and O–H groups in total. The van der Waals surface area contributed by atoms with Crippen LogP contribution in [0.15, 0.2) is 18.2 Å². The van der Waals surface area contributed by atoms with Crippen LogP contribution in [-0.4, -0.2) is 19.4 Å². The van der Waals surface area contributed by atoms with Gasteiger partial charge in [0.2, 0.25) is 6.79 Å². The third-order valence-electron chi connectivity index (χ3n) is 3.07. The van der Waals surface area contributed by atoms with Gasteiger partial charge in [0.05, 0.1) is 0 Å². The highest BCUT2D eigenvalue weighted by Crippen LogP contribution is 2.32. The number of hydrogen-bond donors (Lipinski definition) is 1. The van der Waals surface area contributed by atoms with Gasteiger partial charge < -0.3 is 14.8 Å². The van der Waals surface area contributed by atoms with Crippen LogP contribution in [0, 0.1) is 12.3 Å². The van der Waals surface area contributed by atoms with Crippen molar-refractivity contribution in [2.45, 2.75) is 32.2 Å². The highest BCUT2D eigenvalue weighted by atomic mass is 16.7. The summed E-state index contributed by atoms with van der Waals surface area (Å²) in [5, 5.41) is 3.41. The maximum absolute atomic E-state index is 5.37. The normalized spacial score (nSPS) is 14.2. The van der Waals surface area contributed by atoms with Gasteiger partial charge in [0.25, 0.3) is 0 Å². The molecule has 1 aromatic carbocycles. The van der Waals surface area contributed by atoms with E-state index in [9.17, 15) is 0 Å². The Morgan fingerprint density at radius 3 is 3.06 bits per heavy atom. The monoisotopic (exact) mass is 245 g/mol. The van der Waals surface area contributed by atoms with E-state index in [4.69, 9.17) is 15.9 Å². The predicted octanol–water partition coefficient (Wildman–Crippen LogP) is 2.35. The van der Waals surface area contributed by atoms with Crippen LogP contribution < -0.4 is 14.8 Å². The Kier molecular flexibility index (Phi) is 4.49. The fraction of sp³-hybridized carbons (Fsp3) is 0.467. The molecule has 0 spiro atoms. The molecule has 0 fully saturated rings. The zero-order chi connectivity index (χ0) is 12.8. The van der Waals surface area contributed by atoms with Crippen molar-refractivity contribution in [3.8, 4) is 23.8 Å². The maximum Gasteiger partial charge on any atom is 0.231 e. The molecule has 1 unspecified atom stereocenters. The van der Waals surface area contributed by atoms with E-state index in [0.717, 1.165) is 37.3 Å². The SMILES string of the molecule is C#CCCNC(C)CCc1ccc2c(c1)OCO2. The lowest BCUT2D eigenvalue weighted by Gasteiger charge is -2.12. The lowest BCUT2D eigenvalue weighted by atomic mass is 10.1. The summed E-state index contributed by atoms with van der Waals surface area (Å²) in [6.07, 6.45) is 8.12. The molecule has 96 valence electrons. The van der Waals surface area contributed by atoms with Crippen molar-refractivity contribution in [2.24, 2.45) is 0 Å². The van der Waals surface area contributed by atoms with Crippen LogP contribution in [0.3, 0.4) is 0 Å². The molecule has 18 heavy (non-hydrogen) atoms. The van der Waals surface area contributed by atoms with Crippen molar-refractivity contribution in [2.75, 3.05) is 13.3 Å². The zero-order valence-corrected chi connectivity index (χ0v) is 10.7. The van der Waals surface area contributed by atoms with Crippen molar-refractivity contribution >= 4 is 0 Å². The first-order chi connectivity index (χ1) is 8.79. The first-order valence-corrected chi connectivity index (χ1v) is 6.35. The number of nitrogens with one attached hydrogen (secondary N) is 1. The van der Waals surface area contributed by atoms with Gasteiger partial charge in [-0.25, -0.2) is 0 Å². The molecule has 0 radical (unpaired) electrons. The predicted molar refractivity (Wildman–Crippen MR) is 71.8 cm³/mol. The lowest BCUT2D eigenvalue weighted by molar-refractivity contribution is 0.174. The number of rotatable bonds is 6. The summed E-state index contributed by atoms with van der Waals surface area (Å²) in [5.74, 6) is 4.34. The van der Waals surface area contributed by atoms with Gasteiger partial charge in [-0.2, -0.15) is 0 Å². The van der Waals surface area contributed by atoms with Gasteiger partial charge >= 0.3 is 0 Å². The Labute approximate surface area is 108 Å². The number of fused-ring (bicyclic) bond motifs is 1. The fourth-order valence-electron chi connectivity index (χ4n) is 1.97. The van der Waals surface area contributed by atoms with E-state index >= 15 is 0 Å². The number of benzene rings is 1. The molecule has 3 nitrogen and oxygen atoms in total. The second kappa shape index (κ2) is 6.32. The average molecular weight is 245 g/mol. The van der Waals surface area contributed by atoms with Crippen LogP contribution in [0.25, 0.3) is 0 Å². The molecule has 2 rings (SSSR count). The summed E-state index contributed by atoms with van der Waals surface area (Å²) in [6.45, 7) is 3.41. The van der Waals surface area contributed by atoms with E-state index in [0.29, 0.717) is 12.8 Å². The van der Waals surface area contributed by atoms with E-state index in [2.05, 4.69) is 30.3 Å². The van der Waals surface area contributed by atoms with Crippen molar-refractivity contribution in [3.63, 3.8) is 0 Å². The smallest absolute Gasteiger partial charge is 0.231 e. The van der Waals surface area contributed by atoms with Gasteiger partial charge in [0.1, 0.15) is 0 Å². The minimum absolute atomic E-state index is 0.336. The molecule has 0 aliphatic carbocycles. The van der Waals surface area contributed by atoms with E-state index in [1.807, 2.05) is 6.07 Å². The maximum atomic E-state index is 5.37. The molecule has 3 heteroatoms. The molecule has 1 aliphatic rings. The van der Waals surface area contributed by atoms with Crippen LogP contribution in [0.1, 0.15) is 25.3 Å². The third kappa shape index (κ3) is 3.41. The van der Waals surface area contributed by atoms with Gasteiger partial charge in [-0.1, -0.05) is 6.07 Å². The van der Waals surface area contributed by atoms with Gasteiger partial charge in [0.15, 0.2) is 11.5 Å². The van der Waals surface area contributed by atoms with E-state index < -0.39 is 0 Å². The first-order valence-electron chi connectivity index (χ1n) is 6.35. The van der Waals surface area contributed by atoms with Crippen LogP contribution in [0.2, 0.25) is 0 Å². The topological polar surface area (TPSA) is 30.5 Å². The van der Waals surface area contributed by atoms with Crippen LogP contribution in [0.4, 0.5) is 0 Å². The molecule has 1 aliphatic heterocycles. The van der Waals surface area contributed by atoms with Crippen molar-refractivity contribution in [1.82, 2.24) is 5.32 Å². The molecule has 0 saturated carbocycles. The van der Waals surface area contributed by atoms with Crippen molar-refractivity contribution in [3.05, 3.63) is 23.8 Å². The summed E-state index contributed by atoms with van der Waals surface area (Å²) in [5.41, 5.74) is 1.28. The molecule has 0 amide bonds. The highest BCUT2D eigenvalue weighted by Gasteiger charge is 2.13.